The summed E-state index contributed by atoms with van der Waals surface area (Å²) >= 11 is 0. The summed E-state index contributed by atoms with van der Waals surface area (Å²) in [5.41, 5.74) is 6.53. The SMILES string of the molecule is CC(=O)N(C(=O)Nc1cc(O)cc(O)c1)c1cccc(N)c1. The maximum Gasteiger partial charge on any atom is 0.333 e. The Morgan fingerprint density at radius 1 is 1.09 bits per heavy atom. The number of hydrogen-bond acceptors (Lipinski definition) is 5. The first-order chi connectivity index (χ1) is 10.4. The molecule has 5 N–H and O–H groups in total. The van der Waals surface area contributed by atoms with E-state index in [1.54, 1.807) is 18.2 Å². The molecule has 0 atom stereocenters. The van der Waals surface area contributed by atoms with E-state index in [0.717, 1.165) is 11.0 Å². The number of amides is 3. The van der Waals surface area contributed by atoms with Gasteiger partial charge in [-0.2, -0.15) is 0 Å². The molecule has 0 aromatic heterocycles. The van der Waals surface area contributed by atoms with Crippen molar-refractivity contribution in [3.8, 4) is 11.5 Å². The predicted molar refractivity (Wildman–Crippen MR) is 82.8 cm³/mol. The van der Waals surface area contributed by atoms with Gasteiger partial charge in [-0.1, -0.05) is 6.07 Å². The summed E-state index contributed by atoms with van der Waals surface area (Å²) in [5, 5.41) is 21.2. The number of imide groups is 1. The number of phenolic OH excluding ortho intramolecular Hbond substituents is 2. The highest BCUT2D eigenvalue weighted by atomic mass is 16.3. The number of anilines is 3. The highest BCUT2D eigenvalue weighted by molar-refractivity contribution is 6.18. The lowest BCUT2D eigenvalue weighted by atomic mass is 10.2. The maximum absolute atomic E-state index is 12.3. The number of nitrogens with two attached hydrogens (primary N) is 1. The standard InChI is InChI=1S/C15H15N3O4/c1-9(19)18(12-4-2-3-10(16)5-12)15(22)17-11-6-13(20)8-14(21)7-11/h2-8,20-21H,16H2,1H3,(H,17,22). The Morgan fingerprint density at radius 2 is 1.73 bits per heavy atom. The zero-order valence-corrected chi connectivity index (χ0v) is 11.8. The molecule has 0 aliphatic heterocycles. The first kappa shape index (κ1) is 15.2. The number of carbonyl (C=O) groups is 2. The number of rotatable bonds is 2. The highest BCUT2D eigenvalue weighted by Gasteiger charge is 2.20. The molecule has 0 saturated carbocycles. The summed E-state index contributed by atoms with van der Waals surface area (Å²) in [6, 6.07) is 9.18. The Labute approximate surface area is 126 Å². The van der Waals surface area contributed by atoms with E-state index in [2.05, 4.69) is 5.32 Å². The first-order valence-electron chi connectivity index (χ1n) is 6.37. The predicted octanol–water partition coefficient (Wildman–Crippen LogP) is 2.26. The van der Waals surface area contributed by atoms with Gasteiger partial charge >= 0.3 is 6.03 Å². The zero-order valence-electron chi connectivity index (χ0n) is 11.8. The minimum atomic E-state index is -0.733. The number of urea groups is 1. The Morgan fingerprint density at radius 3 is 2.27 bits per heavy atom. The van der Waals surface area contributed by atoms with Gasteiger partial charge in [0.15, 0.2) is 0 Å². The van der Waals surface area contributed by atoms with Crippen molar-refractivity contribution in [3.63, 3.8) is 0 Å². The van der Waals surface area contributed by atoms with Crippen LogP contribution < -0.4 is 16.0 Å². The Hall–Kier alpha value is -3.22. The van der Waals surface area contributed by atoms with Gasteiger partial charge < -0.3 is 21.3 Å². The lowest BCUT2D eigenvalue weighted by molar-refractivity contribution is -0.115. The molecule has 0 fully saturated rings. The third kappa shape index (κ3) is 3.45. The molecule has 2 rings (SSSR count). The van der Waals surface area contributed by atoms with E-state index in [-0.39, 0.29) is 17.2 Å². The second kappa shape index (κ2) is 6.04. The van der Waals surface area contributed by atoms with E-state index in [4.69, 9.17) is 5.73 Å². The van der Waals surface area contributed by atoms with E-state index in [1.165, 1.54) is 25.1 Å². The first-order valence-corrected chi connectivity index (χ1v) is 6.37. The molecular weight excluding hydrogens is 286 g/mol. The maximum atomic E-state index is 12.3. The van der Waals surface area contributed by atoms with Crippen LogP contribution in [0.2, 0.25) is 0 Å². The van der Waals surface area contributed by atoms with Crippen molar-refractivity contribution in [2.45, 2.75) is 6.92 Å². The fourth-order valence-corrected chi connectivity index (χ4v) is 1.95. The van der Waals surface area contributed by atoms with Gasteiger partial charge in [-0.15, -0.1) is 0 Å². The van der Waals surface area contributed by atoms with E-state index in [1.807, 2.05) is 0 Å². The molecule has 2 aromatic carbocycles. The summed E-state index contributed by atoms with van der Waals surface area (Å²) in [4.78, 5) is 24.9. The van der Waals surface area contributed by atoms with Crippen LogP contribution in [0.3, 0.4) is 0 Å². The second-order valence-corrected chi connectivity index (χ2v) is 4.62. The van der Waals surface area contributed by atoms with E-state index < -0.39 is 11.9 Å². The van der Waals surface area contributed by atoms with E-state index in [9.17, 15) is 19.8 Å². The molecule has 0 radical (unpaired) electrons. The van der Waals surface area contributed by atoms with Crippen LogP contribution in [-0.2, 0) is 4.79 Å². The van der Waals surface area contributed by atoms with Gasteiger partial charge in [0, 0.05) is 36.5 Å². The molecule has 7 heteroatoms. The third-order valence-electron chi connectivity index (χ3n) is 2.80. The Balaban J connectivity index is 2.29. The van der Waals surface area contributed by atoms with Gasteiger partial charge in [-0.25, -0.2) is 9.69 Å². The van der Waals surface area contributed by atoms with Crippen LogP contribution in [0, 0.1) is 0 Å². The fourth-order valence-electron chi connectivity index (χ4n) is 1.95. The fraction of sp³-hybridized carbons (Fsp3) is 0.0667. The number of phenols is 2. The van der Waals surface area contributed by atoms with Crippen LogP contribution in [0.25, 0.3) is 0 Å². The van der Waals surface area contributed by atoms with Gasteiger partial charge in [-0.05, 0) is 18.2 Å². The molecule has 0 saturated heterocycles. The minimum absolute atomic E-state index is 0.151. The molecule has 0 aliphatic carbocycles. The molecule has 7 nitrogen and oxygen atoms in total. The van der Waals surface area contributed by atoms with Crippen LogP contribution in [0.1, 0.15) is 6.92 Å². The van der Waals surface area contributed by atoms with Crippen molar-refractivity contribution < 1.29 is 19.8 Å². The summed E-state index contributed by atoms with van der Waals surface area (Å²) in [5.74, 6) is -0.935. The van der Waals surface area contributed by atoms with E-state index >= 15 is 0 Å². The quantitative estimate of drug-likeness (QED) is 0.635. The number of carbonyl (C=O) groups excluding carboxylic acids is 2. The smallest absolute Gasteiger partial charge is 0.333 e. The average Bonchev–Trinajstić information content (AvgIpc) is 2.36. The van der Waals surface area contributed by atoms with Gasteiger partial charge in [0.05, 0.1) is 5.69 Å². The van der Waals surface area contributed by atoms with Crippen LogP contribution in [0.4, 0.5) is 21.9 Å². The van der Waals surface area contributed by atoms with Crippen molar-refractivity contribution in [1.82, 2.24) is 0 Å². The molecule has 3 amide bonds. The number of nitrogen functional groups attached to an aromatic ring is 1. The third-order valence-corrected chi connectivity index (χ3v) is 2.80. The summed E-state index contributed by atoms with van der Waals surface area (Å²) < 4.78 is 0. The van der Waals surface area contributed by atoms with Crippen molar-refractivity contribution in [1.29, 1.82) is 0 Å². The molecular formula is C15H15N3O4. The highest BCUT2D eigenvalue weighted by Crippen LogP contribution is 2.25. The number of aromatic hydroxyl groups is 2. The number of nitrogens with one attached hydrogen (secondary N) is 1. The molecule has 0 spiro atoms. The van der Waals surface area contributed by atoms with E-state index in [0.29, 0.717) is 11.4 Å². The topological polar surface area (TPSA) is 116 Å². The summed E-state index contributed by atoms with van der Waals surface area (Å²) in [6.07, 6.45) is 0. The lowest BCUT2D eigenvalue weighted by Gasteiger charge is -2.20. The molecule has 0 aliphatic rings. The van der Waals surface area contributed by atoms with Gasteiger partial charge in [0.25, 0.3) is 0 Å². The molecule has 0 bridgehead atoms. The average molecular weight is 301 g/mol. The van der Waals surface area contributed by atoms with Crippen molar-refractivity contribution in [2.24, 2.45) is 0 Å². The Bertz CT molecular complexity index is 710. The minimum Gasteiger partial charge on any atom is -0.508 e. The zero-order chi connectivity index (χ0) is 16.3. The molecule has 114 valence electrons. The molecule has 2 aromatic rings. The van der Waals surface area contributed by atoms with Crippen molar-refractivity contribution in [3.05, 3.63) is 42.5 Å². The van der Waals surface area contributed by atoms with Crippen LogP contribution in [-0.4, -0.2) is 22.2 Å². The van der Waals surface area contributed by atoms with Gasteiger partial charge in [0.1, 0.15) is 11.5 Å². The van der Waals surface area contributed by atoms with Crippen LogP contribution in [0.5, 0.6) is 11.5 Å². The largest absolute Gasteiger partial charge is 0.508 e. The van der Waals surface area contributed by atoms with Gasteiger partial charge in [-0.3, -0.25) is 4.79 Å². The molecule has 0 heterocycles. The number of nitrogens with zero attached hydrogens (tertiary/aromatic N) is 1. The van der Waals surface area contributed by atoms with Crippen molar-refractivity contribution >= 4 is 29.0 Å². The number of benzene rings is 2. The van der Waals surface area contributed by atoms with Crippen molar-refractivity contribution in [2.75, 3.05) is 16.0 Å². The summed E-state index contributed by atoms with van der Waals surface area (Å²) in [6.45, 7) is 1.24. The number of hydrogen-bond donors (Lipinski definition) is 4. The second-order valence-electron chi connectivity index (χ2n) is 4.62. The monoisotopic (exact) mass is 301 g/mol. The van der Waals surface area contributed by atoms with Crippen LogP contribution >= 0.6 is 0 Å². The normalized spacial score (nSPS) is 10.0. The van der Waals surface area contributed by atoms with Gasteiger partial charge in [0.2, 0.25) is 5.91 Å². The lowest BCUT2D eigenvalue weighted by Crippen LogP contribution is -2.38. The Kier molecular flexibility index (Phi) is 4.17. The van der Waals surface area contributed by atoms with Crippen LogP contribution in [0.15, 0.2) is 42.5 Å². The summed E-state index contributed by atoms with van der Waals surface area (Å²) in [7, 11) is 0. The molecule has 22 heavy (non-hydrogen) atoms. The molecule has 0 unspecified atom stereocenters.